The minimum Gasteiger partial charge on any atom is -0.454 e. The Labute approximate surface area is 345 Å². The fraction of sp³-hybridized carbons (Fsp3) is 0. The molecule has 0 aliphatic rings. The molecule has 10 aromatic carbocycles. The highest BCUT2D eigenvalue weighted by molar-refractivity contribution is 7.25. The Balaban J connectivity index is 1.19. The van der Waals surface area contributed by atoms with Crippen molar-refractivity contribution in [3.05, 3.63) is 212 Å². The fourth-order valence-corrected chi connectivity index (χ4v) is 10.4. The van der Waals surface area contributed by atoms with Gasteiger partial charge in [-0.25, -0.2) is 0 Å². The number of hydrogen-bond acceptors (Lipinski definition) is 3. The van der Waals surface area contributed by atoms with E-state index in [2.05, 4.69) is 217 Å². The van der Waals surface area contributed by atoms with Crippen molar-refractivity contribution in [3.8, 4) is 33.4 Å². The van der Waals surface area contributed by atoms with Crippen molar-refractivity contribution in [1.29, 1.82) is 0 Å². The first-order valence-electron chi connectivity index (χ1n) is 20.1. The smallest absolute Gasteiger partial charge is 0.159 e. The van der Waals surface area contributed by atoms with Gasteiger partial charge in [-0.3, -0.25) is 0 Å². The number of benzene rings is 10. The SMILES string of the molecule is c1ccc(-c2ccc(-c3c(N(c4cccc(-c5cccc6sc7ccccc7c56)c4)c4cccc5c4oc4ccccc45)c4ccccc4c4ccccc34)cc2)cc1. The average molecular weight is 770 g/mol. The van der Waals surface area contributed by atoms with Crippen molar-refractivity contribution in [2.75, 3.05) is 4.90 Å². The molecule has 2 nitrogen and oxygen atoms in total. The number of fused-ring (bicyclic) bond motifs is 9. The molecule has 59 heavy (non-hydrogen) atoms. The van der Waals surface area contributed by atoms with Crippen molar-refractivity contribution in [3.63, 3.8) is 0 Å². The second-order valence-corrected chi connectivity index (χ2v) is 16.3. The highest BCUT2D eigenvalue weighted by Gasteiger charge is 2.27. The standard InChI is InChI=1S/C56H35NOS/c1-2-15-36(16-3-1)37-31-33-38(34-32-37)53-45-22-6-4-19-42(45)43-20-5-7-23-46(43)55(53)57(49-27-13-26-47-44-21-8-10-28-50(44)58-56(47)49)40-18-12-17-39(35-40)41-25-14-30-52-54(41)48-24-9-11-29-51(48)59-52/h1-35H. The summed E-state index contributed by atoms with van der Waals surface area (Å²) in [6.07, 6.45) is 0. The van der Waals surface area contributed by atoms with Crippen molar-refractivity contribution in [2.45, 2.75) is 0 Å². The van der Waals surface area contributed by atoms with E-state index in [-0.39, 0.29) is 0 Å². The number of nitrogens with zero attached hydrogens (tertiary/aromatic N) is 1. The van der Waals surface area contributed by atoms with Gasteiger partial charge in [-0.1, -0.05) is 176 Å². The molecule has 0 saturated heterocycles. The zero-order valence-electron chi connectivity index (χ0n) is 32.0. The van der Waals surface area contributed by atoms with Crippen LogP contribution in [0.15, 0.2) is 217 Å². The van der Waals surface area contributed by atoms with Gasteiger partial charge in [-0.05, 0) is 80.4 Å². The van der Waals surface area contributed by atoms with E-state index in [4.69, 9.17) is 4.42 Å². The van der Waals surface area contributed by atoms with Gasteiger partial charge in [-0.2, -0.15) is 0 Å². The summed E-state index contributed by atoms with van der Waals surface area (Å²) in [6, 6.07) is 77.0. The molecule has 0 saturated carbocycles. The largest absolute Gasteiger partial charge is 0.454 e. The predicted octanol–water partition coefficient (Wildman–Crippen LogP) is 16.7. The van der Waals surface area contributed by atoms with Gasteiger partial charge in [0.05, 0.1) is 11.4 Å². The molecule has 0 amide bonds. The number of rotatable bonds is 6. The van der Waals surface area contributed by atoms with Crippen molar-refractivity contribution < 1.29 is 4.42 Å². The lowest BCUT2D eigenvalue weighted by atomic mass is 9.89. The third kappa shape index (κ3) is 5.40. The van der Waals surface area contributed by atoms with Gasteiger partial charge >= 0.3 is 0 Å². The van der Waals surface area contributed by atoms with Crippen LogP contribution in [0.4, 0.5) is 17.1 Å². The summed E-state index contributed by atoms with van der Waals surface area (Å²) in [7, 11) is 0. The number of anilines is 3. The maximum atomic E-state index is 6.89. The first-order chi connectivity index (χ1) is 29.3. The van der Waals surface area contributed by atoms with Crippen LogP contribution in [0.5, 0.6) is 0 Å². The summed E-state index contributed by atoms with van der Waals surface area (Å²) < 4.78 is 9.48. The quantitative estimate of drug-likeness (QED) is 0.157. The lowest BCUT2D eigenvalue weighted by Crippen LogP contribution is -2.13. The summed E-state index contributed by atoms with van der Waals surface area (Å²) in [4.78, 5) is 2.47. The lowest BCUT2D eigenvalue weighted by Gasteiger charge is -2.31. The van der Waals surface area contributed by atoms with Crippen molar-refractivity contribution in [2.24, 2.45) is 0 Å². The zero-order chi connectivity index (χ0) is 38.9. The van der Waals surface area contributed by atoms with Gasteiger partial charge in [0, 0.05) is 47.6 Å². The van der Waals surface area contributed by atoms with E-state index in [1.54, 1.807) is 0 Å². The molecule has 12 aromatic rings. The Morgan fingerprint density at radius 1 is 0.373 bits per heavy atom. The molecule has 0 atom stereocenters. The highest BCUT2D eigenvalue weighted by Crippen LogP contribution is 2.52. The average Bonchev–Trinajstić information content (AvgIpc) is 3.89. The van der Waals surface area contributed by atoms with Crippen molar-refractivity contribution in [1.82, 2.24) is 0 Å². The molecular weight excluding hydrogens is 735 g/mol. The minimum atomic E-state index is 0.854. The second kappa shape index (κ2) is 13.6. The molecule has 12 rings (SSSR count). The Hall–Kier alpha value is -7.46. The maximum absolute atomic E-state index is 6.89. The molecule has 0 bridgehead atoms. The molecule has 276 valence electrons. The summed E-state index contributed by atoms with van der Waals surface area (Å²) in [5.41, 5.74) is 12.0. The zero-order valence-corrected chi connectivity index (χ0v) is 32.8. The third-order valence-electron chi connectivity index (χ3n) is 11.9. The summed E-state index contributed by atoms with van der Waals surface area (Å²) >= 11 is 1.86. The van der Waals surface area contributed by atoms with Crippen LogP contribution in [0.1, 0.15) is 0 Å². The third-order valence-corrected chi connectivity index (χ3v) is 13.0. The minimum absolute atomic E-state index is 0.854. The van der Waals surface area contributed by atoms with Gasteiger partial charge in [-0.15, -0.1) is 11.3 Å². The van der Waals surface area contributed by atoms with Gasteiger partial charge in [0.1, 0.15) is 5.58 Å². The molecule has 0 unspecified atom stereocenters. The van der Waals surface area contributed by atoms with Crippen molar-refractivity contribution >= 4 is 92.1 Å². The molecule has 0 spiro atoms. The van der Waals surface area contributed by atoms with Crippen LogP contribution in [0, 0.1) is 0 Å². The van der Waals surface area contributed by atoms with Crippen LogP contribution in [0.2, 0.25) is 0 Å². The Morgan fingerprint density at radius 3 is 1.78 bits per heavy atom. The van der Waals surface area contributed by atoms with E-state index in [9.17, 15) is 0 Å². The predicted molar refractivity (Wildman–Crippen MR) is 253 cm³/mol. The van der Waals surface area contributed by atoms with E-state index in [0.29, 0.717) is 0 Å². The van der Waals surface area contributed by atoms with E-state index >= 15 is 0 Å². The van der Waals surface area contributed by atoms with Gasteiger partial charge in [0.2, 0.25) is 0 Å². The van der Waals surface area contributed by atoms with Gasteiger partial charge < -0.3 is 9.32 Å². The Morgan fingerprint density at radius 2 is 0.949 bits per heavy atom. The highest BCUT2D eigenvalue weighted by atomic mass is 32.1. The van der Waals surface area contributed by atoms with Crippen LogP contribution >= 0.6 is 11.3 Å². The number of furan rings is 1. The Kier molecular flexibility index (Phi) is 7.75. The molecule has 0 radical (unpaired) electrons. The Bertz CT molecular complexity index is 3560. The normalized spacial score (nSPS) is 11.7. The van der Waals surface area contributed by atoms with Crippen LogP contribution in [0.25, 0.3) is 97.0 Å². The molecule has 0 N–H and O–H groups in total. The van der Waals surface area contributed by atoms with Crippen LogP contribution in [0.3, 0.4) is 0 Å². The molecule has 0 aliphatic carbocycles. The van der Waals surface area contributed by atoms with E-state index in [1.165, 1.54) is 58.6 Å². The lowest BCUT2D eigenvalue weighted by molar-refractivity contribution is 0.669. The maximum Gasteiger partial charge on any atom is 0.159 e. The van der Waals surface area contributed by atoms with E-state index in [0.717, 1.165) is 55.5 Å². The fourth-order valence-electron chi connectivity index (χ4n) is 9.23. The molecule has 3 heteroatoms. The van der Waals surface area contributed by atoms with E-state index < -0.39 is 0 Å². The van der Waals surface area contributed by atoms with Crippen LogP contribution < -0.4 is 4.90 Å². The van der Waals surface area contributed by atoms with E-state index in [1.807, 2.05) is 11.3 Å². The first-order valence-corrected chi connectivity index (χ1v) is 20.9. The number of para-hydroxylation sites is 2. The monoisotopic (exact) mass is 769 g/mol. The summed E-state index contributed by atoms with van der Waals surface area (Å²) in [5, 5.41) is 9.57. The molecule has 0 fully saturated rings. The number of thiophene rings is 1. The number of hydrogen-bond donors (Lipinski definition) is 0. The summed E-state index contributed by atoms with van der Waals surface area (Å²) in [5.74, 6) is 0. The van der Waals surface area contributed by atoms with Gasteiger partial charge in [0.25, 0.3) is 0 Å². The molecule has 0 aliphatic heterocycles. The molecule has 2 heterocycles. The first kappa shape index (κ1) is 33.7. The van der Waals surface area contributed by atoms with Gasteiger partial charge in [0.15, 0.2) is 5.58 Å². The summed E-state index contributed by atoms with van der Waals surface area (Å²) in [6.45, 7) is 0. The topological polar surface area (TPSA) is 16.4 Å². The second-order valence-electron chi connectivity index (χ2n) is 15.2. The molecule has 2 aromatic heterocycles. The van der Waals surface area contributed by atoms with Crippen LogP contribution in [-0.4, -0.2) is 0 Å². The molecular formula is C56H35NOS. The van der Waals surface area contributed by atoms with Crippen LogP contribution in [-0.2, 0) is 0 Å².